The van der Waals surface area contributed by atoms with Crippen molar-refractivity contribution in [2.45, 2.75) is 6.92 Å². The van der Waals surface area contributed by atoms with Crippen molar-refractivity contribution in [2.75, 3.05) is 0 Å². The molecule has 0 radical (unpaired) electrons. The van der Waals surface area contributed by atoms with Gasteiger partial charge in [-0.1, -0.05) is 30.3 Å². The van der Waals surface area contributed by atoms with Gasteiger partial charge in [0.25, 0.3) is 0 Å². The molecule has 4 aromatic rings. The summed E-state index contributed by atoms with van der Waals surface area (Å²) in [5.41, 5.74) is 2.38. The average molecular weight is 447 g/mol. The Morgan fingerprint density at radius 3 is 2.26 bits per heavy atom. The van der Waals surface area contributed by atoms with Gasteiger partial charge in [-0.15, -0.1) is 11.2 Å². The van der Waals surface area contributed by atoms with Crippen molar-refractivity contribution in [1.82, 2.24) is 4.98 Å². The molecule has 5 heteroatoms. The maximum atomic E-state index is 9.92. The molecule has 0 saturated heterocycles. The number of fused-ring (bicyclic) bond motifs is 1. The van der Waals surface area contributed by atoms with E-state index in [4.69, 9.17) is 0 Å². The average Bonchev–Trinajstić information content (AvgIpc) is 2.69. The standard InChI is InChI=1S/C16H11N2O.C6H7N.Pd/c19-15-11-10-12-6-4-5-9-14(12)16(15)18-17-13-7-2-1-3-8-13;1-6-2-4-7-5-3-6;/h1-7,9-11,19H;2-5H,1H3;/q-1;;. The number of aromatic hydroxyl groups is 1. The summed E-state index contributed by atoms with van der Waals surface area (Å²) in [5.74, 6) is 0.124. The summed E-state index contributed by atoms with van der Waals surface area (Å²) in [6.45, 7) is 2.04. The van der Waals surface area contributed by atoms with Gasteiger partial charge in [-0.3, -0.25) is 4.98 Å². The van der Waals surface area contributed by atoms with Gasteiger partial charge >= 0.3 is 0 Å². The second-order valence-corrected chi connectivity index (χ2v) is 5.63. The first kappa shape index (κ1) is 20.4. The fourth-order valence-corrected chi connectivity index (χ4v) is 2.33. The van der Waals surface area contributed by atoms with E-state index in [9.17, 15) is 5.11 Å². The van der Waals surface area contributed by atoms with Gasteiger partial charge in [0.1, 0.15) is 11.4 Å². The van der Waals surface area contributed by atoms with Gasteiger partial charge in [0.05, 0.1) is 0 Å². The molecule has 0 atom stereocenters. The van der Waals surface area contributed by atoms with Crippen LogP contribution in [0.4, 0.5) is 11.4 Å². The molecule has 0 fully saturated rings. The number of hydrogen-bond acceptors (Lipinski definition) is 4. The minimum atomic E-state index is 0. The fourth-order valence-electron chi connectivity index (χ4n) is 2.33. The smallest absolute Gasteiger partial charge is 0.143 e. The van der Waals surface area contributed by atoms with Crippen molar-refractivity contribution in [3.05, 3.63) is 96.8 Å². The molecule has 0 spiro atoms. The molecule has 3 aromatic carbocycles. The molecule has 0 saturated carbocycles. The van der Waals surface area contributed by atoms with Crippen molar-refractivity contribution >= 4 is 22.1 Å². The van der Waals surface area contributed by atoms with E-state index in [1.165, 1.54) is 5.56 Å². The molecular formula is C22H18N3OPd-. The van der Waals surface area contributed by atoms with E-state index in [1.54, 1.807) is 24.5 Å². The van der Waals surface area contributed by atoms with Crippen LogP contribution >= 0.6 is 0 Å². The molecular weight excluding hydrogens is 429 g/mol. The zero-order valence-electron chi connectivity index (χ0n) is 14.7. The molecule has 27 heavy (non-hydrogen) atoms. The first-order valence-electron chi connectivity index (χ1n) is 8.20. The SMILES string of the molecule is Cc1ccncc1.Oc1ccc2ccccc2c1N=Nc1[c-]cccc1.[Pd]. The van der Waals surface area contributed by atoms with E-state index >= 15 is 0 Å². The number of nitrogens with zero attached hydrogens (tertiary/aromatic N) is 3. The molecule has 138 valence electrons. The van der Waals surface area contributed by atoms with Crippen molar-refractivity contribution in [3.63, 3.8) is 0 Å². The van der Waals surface area contributed by atoms with Crippen LogP contribution in [-0.2, 0) is 20.4 Å². The number of hydrogen-bond donors (Lipinski definition) is 1. The van der Waals surface area contributed by atoms with Gasteiger partial charge in [0.15, 0.2) is 0 Å². The van der Waals surface area contributed by atoms with E-state index in [-0.39, 0.29) is 26.2 Å². The normalized spacial score (nSPS) is 10.1. The Morgan fingerprint density at radius 2 is 1.59 bits per heavy atom. The van der Waals surface area contributed by atoms with Crippen LogP contribution < -0.4 is 0 Å². The minimum Gasteiger partial charge on any atom is -0.506 e. The van der Waals surface area contributed by atoms with Gasteiger partial charge < -0.3 is 5.11 Å². The predicted octanol–water partition coefficient (Wildman–Crippen LogP) is 6.15. The summed E-state index contributed by atoms with van der Waals surface area (Å²) in [5, 5.41) is 20.1. The first-order chi connectivity index (χ1) is 12.7. The van der Waals surface area contributed by atoms with Crippen LogP contribution in [-0.4, -0.2) is 10.1 Å². The van der Waals surface area contributed by atoms with Crippen molar-refractivity contribution in [1.29, 1.82) is 0 Å². The van der Waals surface area contributed by atoms with Crippen LogP contribution in [0.1, 0.15) is 5.56 Å². The van der Waals surface area contributed by atoms with Crippen LogP contribution in [0.2, 0.25) is 0 Å². The number of phenolic OH excluding ortho intramolecular Hbond substituents is 1. The van der Waals surface area contributed by atoms with Gasteiger partial charge in [0.2, 0.25) is 0 Å². The summed E-state index contributed by atoms with van der Waals surface area (Å²) < 4.78 is 0. The number of rotatable bonds is 2. The minimum absolute atomic E-state index is 0. The number of benzene rings is 3. The van der Waals surface area contributed by atoms with Gasteiger partial charge in [-0.25, -0.2) is 0 Å². The van der Waals surface area contributed by atoms with Gasteiger partial charge in [0, 0.05) is 38.2 Å². The van der Waals surface area contributed by atoms with E-state index in [0.717, 1.165) is 10.8 Å². The Morgan fingerprint density at radius 1 is 0.852 bits per heavy atom. The van der Waals surface area contributed by atoms with Crippen molar-refractivity contribution < 1.29 is 25.5 Å². The van der Waals surface area contributed by atoms with Crippen molar-refractivity contribution in [2.24, 2.45) is 10.2 Å². The van der Waals surface area contributed by atoms with Crippen LogP contribution in [0, 0.1) is 13.0 Å². The van der Waals surface area contributed by atoms with Gasteiger partial charge in [-0.05, 0) is 41.8 Å². The molecule has 0 aliphatic carbocycles. The molecule has 0 aliphatic heterocycles. The molecule has 1 heterocycles. The summed E-state index contributed by atoms with van der Waals surface area (Å²) >= 11 is 0. The van der Waals surface area contributed by atoms with Crippen LogP contribution in [0.15, 0.2) is 95.4 Å². The zero-order chi connectivity index (χ0) is 18.2. The monoisotopic (exact) mass is 446 g/mol. The largest absolute Gasteiger partial charge is 0.506 e. The van der Waals surface area contributed by atoms with Crippen LogP contribution in [0.3, 0.4) is 0 Å². The summed E-state index contributed by atoms with van der Waals surface area (Å²) in [4.78, 5) is 3.85. The molecule has 1 aromatic heterocycles. The Hall–Kier alpha value is -2.87. The fraction of sp³-hybridized carbons (Fsp3) is 0.0455. The molecule has 0 bridgehead atoms. The number of phenols is 1. The molecule has 0 aliphatic rings. The third kappa shape index (κ3) is 5.82. The topological polar surface area (TPSA) is 57.8 Å². The number of azo groups is 1. The summed E-state index contributed by atoms with van der Waals surface area (Å²) in [6.07, 6.45) is 3.57. The molecule has 0 unspecified atom stereocenters. The molecule has 0 amide bonds. The van der Waals surface area contributed by atoms with E-state index in [1.807, 2.05) is 67.6 Å². The molecule has 4 rings (SSSR count). The third-order valence-electron chi connectivity index (χ3n) is 3.68. The van der Waals surface area contributed by atoms with Crippen LogP contribution in [0.5, 0.6) is 5.75 Å². The first-order valence-corrected chi connectivity index (χ1v) is 8.20. The number of aryl methyl sites for hydroxylation is 1. The van der Waals surface area contributed by atoms with Gasteiger partial charge in [-0.2, -0.15) is 29.4 Å². The second-order valence-electron chi connectivity index (χ2n) is 5.63. The Balaban J connectivity index is 0.000000278. The maximum Gasteiger partial charge on any atom is 0.143 e. The third-order valence-corrected chi connectivity index (χ3v) is 3.68. The summed E-state index contributed by atoms with van der Waals surface area (Å²) in [7, 11) is 0. The zero-order valence-corrected chi connectivity index (χ0v) is 16.2. The summed E-state index contributed by atoms with van der Waals surface area (Å²) in [6, 6.07) is 25.5. The maximum absolute atomic E-state index is 9.92. The second kappa shape index (κ2) is 10.3. The predicted molar refractivity (Wildman–Crippen MR) is 104 cm³/mol. The van der Waals surface area contributed by atoms with Crippen LogP contribution in [0.25, 0.3) is 10.8 Å². The Bertz CT molecular complexity index is 1010. The Kier molecular flexibility index (Phi) is 7.82. The van der Waals surface area contributed by atoms with E-state index in [2.05, 4.69) is 21.3 Å². The molecule has 4 nitrogen and oxygen atoms in total. The molecule has 1 N–H and O–H groups in total. The quantitative estimate of drug-likeness (QED) is 0.228. The van der Waals surface area contributed by atoms with E-state index in [0.29, 0.717) is 11.4 Å². The van der Waals surface area contributed by atoms with Crippen molar-refractivity contribution in [3.8, 4) is 5.75 Å². The number of pyridine rings is 1. The number of aromatic nitrogens is 1. The Labute approximate surface area is 172 Å². The van der Waals surface area contributed by atoms with E-state index < -0.39 is 0 Å².